The maximum atomic E-state index is 10.8. The number of furan rings is 1. The number of thiazole rings is 1. The smallest absolute Gasteiger partial charge is 0.269 e. The first-order chi connectivity index (χ1) is 14.5. The normalized spacial score (nSPS) is 11.3. The van der Waals surface area contributed by atoms with Crippen LogP contribution in [-0.4, -0.2) is 9.91 Å². The summed E-state index contributed by atoms with van der Waals surface area (Å²) < 4.78 is 5.81. The summed E-state index contributed by atoms with van der Waals surface area (Å²) in [6.07, 6.45) is 1.65. The third-order valence-corrected chi connectivity index (χ3v) is 5.35. The fourth-order valence-corrected chi connectivity index (χ4v) is 3.67. The summed E-state index contributed by atoms with van der Waals surface area (Å²) >= 11 is 1.40. The first-order valence-corrected chi connectivity index (χ1v) is 9.91. The Hall–Kier alpha value is -4.02. The summed E-state index contributed by atoms with van der Waals surface area (Å²) in [6.45, 7) is 2.03. The number of hydrogen-bond acceptors (Lipinski definition) is 6. The Balaban J connectivity index is 1.59. The number of hydrogen-bond donors (Lipinski definition) is 0. The van der Waals surface area contributed by atoms with E-state index >= 15 is 0 Å². The quantitative estimate of drug-likeness (QED) is 0.216. The molecule has 0 radical (unpaired) electrons. The Morgan fingerprint density at radius 1 is 1.10 bits per heavy atom. The molecule has 4 aromatic rings. The highest BCUT2D eigenvalue weighted by atomic mass is 32.1. The van der Waals surface area contributed by atoms with Gasteiger partial charge in [0.2, 0.25) is 0 Å². The van der Waals surface area contributed by atoms with E-state index < -0.39 is 4.92 Å². The van der Waals surface area contributed by atoms with Crippen LogP contribution in [0, 0.1) is 28.4 Å². The molecular weight excluding hydrogens is 398 g/mol. The highest BCUT2D eigenvalue weighted by Gasteiger charge is 2.12. The van der Waals surface area contributed by atoms with Gasteiger partial charge < -0.3 is 4.42 Å². The number of nitro groups is 1. The Morgan fingerprint density at radius 2 is 1.80 bits per heavy atom. The molecule has 7 heteroatoms. The number of nitro benzene ring substituents is 1. The van der Waals surface area contributed by atoms with Gasteiger partial charge in [-0.1, -0.05) is 29.8 Å². The molecule has 0 fully saturated rings. The van der Waals surface area contributed by atoms with Crippen molar-refractivity contribution in [1.29, 1.82) is 5.26 Å². The Labute approximate surface area is 176 Å². The lowest BCUT2D eigenvalue weighted by atomic mass is 10.1. The minimum Gasteiger partial charge on any atom is -0.457 e. The molecule has 0 saturated carbocycles. The van der Waals surface area contributed by atoms with Crippen molar-refractivity contribution in [2.45, 2.75) is 6.92 Å². The molecule has 0 atom stereocenters. The van der Waals surface area contributed by atoms with Gasteiger partial charge in [0, 0.05) is 34.7 Å². The number of aromatic nitrogens is 1. The van der Waals surface area contributed by atoms with Gasteiger partial charge in [0.15, 0.2) is 0 Å². The van der Waals surface area contributed by atoms with Crippen LogP contribution in [-0.2, 0) is 0 Å². The second-order valence-corrected chi connectivity index (χ2v) is 7.44. The molecule has 2 aromatic carbocycles. The largest absolute Gasteiger partial charge is 0.457 e. The number of aryl methyl sites for hydroxylation is 1. The van der Waals surface area contributed by atoms with Crippen molar-refractivity contribution in [1.82, 2.24) is 4.98 Å². The van der Waals surface area contributed by atoms with Crippen molar-refractivity contribution in [3.05, 3.63) is 92.5 Å². The van der Waals surface area contributed by atoms with E-state index in [1.54, 1.807) is 30.3 Å². The second-order valence-electron chi connectivity index (χ2n) is 6.58. The monoisotopic (exact) mass is 413 g/mol. The summed E-state index contributed by atoms with van der Waals surface area (Å²) in [5.74, 6) is 1.07. The van der Waals surface area contributed by atoms with Crippen LogP contribution in [0.2, 0.25) is 0 Å². The van der Waals surface area contributed by atoms with Gasteiger partial charge in [0.05, 0.1) is 16.2 Å². The number of non-ortho nitro benzene ring substituents is 1. The van der Waals surface area contributed by atoms with Crippen LogP contribution >= 0.6 is 11.3 Å². The first-order valence-electron chi connectivity index (χ1n) is 9.03. The van der Waals surface area contributed by atoms with E-state index in [0.717, 1.165) is 16.8 Å². The minimum atomic E-state index is -0.446. The van der Waals surface area contributed by atoms with Gasteiger partial charge in [-0.15, -0.1) is 11.3 Å². The van der Waals surface area contributed by atoms with Gasteiger partial charge in [-0.05, 0) is 31.2 Å². The van der Waals surface area contributed by atoms with Crippen LogP contribution in [0.5, 0.6) is 0 Å². The van der Waals surface area contributed by atoms with E-state index in [9.17, 15) is 15.4 Å². The summed E-state index contributed by atoms with van der Waals surface area (Å²) in [4.78, 5) is 14.9. The molecule has 0 bridgehead atoms. The van der Waals surface area contributed by atoms with Crippen molar-refractivity contribution < 1.29 is 9.34 Å². The maximum Gasteiger partial charge on any atom is 0.269 e. The molecule has 30 heavy (non-hydrogen) atoms. The van der Waals surface area contributed by atoms with E-state index in [-0.39, 0.29) is 5.69 Å². The van der Waals surface area contributed by atoms with Crippen LogP contribution in [0.4, 0.5) is 5.69 Å². The minimum absolute atomic E-state index is 0.0188. The average molecular weight is 413 g/mol. The number of nitriles is 1. The van der Waals surface area contributed by atoms with Gasteiger partial charge in [-0.3, -0.25) is 10.1 Å². The molecule has 0 spiro atoms. The molecule has 0 saturated heterocycles. The first kappa shape index (κ1) is 19.3. The Morgan fingerprint density at radius 3 is 2.47 bits per heavy atom. The highest BCUT2D eigenvalue weighted by Crippen LogP contribution is 2.29. The molecule has 0 aliphatic heterocycles. The molecule has 2 aromatic heterocycles. The van der Waals surface area contributed by atoms with E-state index in [2.05, 4.69) is 11.1 Å². The zero-order valence-electron chi connectivity index (χ0n) is 15.9. The Bertz CT molecular complexity index is 1280. The predicted octanol–water partition coefficient (Wildman–Crippen LogP) is 6.35. The van der Waals surface area contributed by atoms with Gasteiger partial charge >= 0.3 is 0 Å². The molecule has 0 unspecified atom stereocenters. The summed E-state index contributed by atoms with van der Waals surface area (Å²) in [5.41, 5.74) is 4.14. The lowest BCUT2D eigenvalue weighted by Gasteiger charge is -1.97. The van der Waals surface area contributed by atoms with Crippen LogP contribution in [0.1, 0.15) is 16.3 Å². The van der Waals surface area contributed by atoms with Crippen LogP contribution in [0.15, 0.2) is 70.5 Å². The Kier molecular flexibility index (Phi) is 5.24. The van der Waals surface area contributed by atoms with Crippen molar-refractivity contribution in [3.8, 4) is 28.7 Å². The molecule has 0 amide bonds. The van der Waals surface area contributed by atoms with Gasteiger partial charge in [0.1, 0.15) is 22.6 Å². The molecule has 0 aliphatic carbocycles. The highest BCUT2D eigenvalue weighted by molar-refractivity contribution is 7.11. The van der Waals surface area contributed by atoms with Gasteiger partial charge in [0.25, 0.3) is 5.69 Å². The fraction of sp³-hybridized carbons (Fsp3) is 0.0435. The van der Waals surface area contributed by atoms with Crippen LogP contribution < -0.4 is 0 Å². The average Bonchev–Trinajstić information content (AvgIpc) is 3.42. The van der Waals surface area contributed by atoms with Gasteiger partial charge in [-0.2, -0.15) is 5.26 Å². The fourth-order valence-electron chi connectivity index (χ4n) is 2.87. The molecule has 146 valence electrons. The lowest BCUT2D eigenvalue weighted by molar-refractivity contribution is -0.384. The predicted molar refractivity (Wildman–Crippen MR) is 117 cm³/mol. The van der Waals surface area contributed by atoms with Crippen molar-refractivity contribution in [3.63, 3.8) is 0 Å². The molecule has 0 aliphatic rings. The summed E-state index contributed by atoms with van der Waals surface area (Å²) in [5, 5.41) is 22.9. The number of benzene rings is 2. The molecule has 2 heterocycles. The second kappa shape index (κ2) is 8.15. The molecule has 6 nitrogen and oxygen atoms in total. The van der Waals surface area contributed by atoms with Crippen LogP contribution in [0.25, 0.3) is 34.2 Å². The van der Waals surface area contributed by atoms with E-state index in [0.29, 0.717) is 22.1 Å². The zero-order chi connectivity index (χ0) is 21.1. The zero-order valence-corrected chi connectivity index (χ0v) is 16.7. The van der Waals surface area contributed by atoms with E-state index in [1.807, 2.05) is 36.6 Å². The SMILES string of the molecule is Cc1ccc(-c2csc(/C(C#N)=C/c3ccc(-c4ccc([N+](=O)[O-])cc4)o3)n2)cc1. The third kappa shape index (κ3) is 4.04. The topological polar surface area (TPSA) is 93.0 Å². The summed E-state index contributed by atoms with van der Waals surface area (Å²) in [7, 11) is 0. The molecule has 4 rings (SSSR count). The lowest BCUT2D eigenvalue weighted by Crippen LogP contribution is -1.86. The number of rotatable bonds is 5. The van der Waals surface area contributed by atoms with E-state index in [1.165, 1.54) is 29.0 Å². The standard InChI is InChI=1S/C23H15N3O3S/c1-15-2-4-16(5-3-15)21-14-30-23(25-21)18(13-24)12-20-10-11-22(29-20)17-6-8-19(9-7-17)26(27)28/h2-12,14H,1H3/b18-12+. The molecular formula is C23H15N3O3S. The number of allylic oxidation sites excluding steroid dienone is 1. The van der Waals surface area contributed by atoms with Crippen LogP contribution in [0.3, 0.4) is 0 Å². The number of nitrogens with zero attached hydrogens (tertiary/aromatic N) is 3. The van der Waals surface area contributed by atoms with Gasteiger partial charge in [-0.25, -0.2) is 4.98 Å². The van der Waals surface area contributed by atoms with Crippen molar-refractivity contribution in [2.24, 2.45) is 0 Å². The third-order valence-electron chi connectivity index (χ3n) is 4.48. The maximum absolute atomic E-state index is 10.8. The van der Waals surface area contributed by atoms with Crippen molar-refractivity contribution >= 4 is 28.7 Å². The molecule has 0 N–H and O–H groups in total. The van der Waals surface area contributed by atoms with E-state index in [4.69, 9.17) is 4.42 Å². The van der Waals surface area contributed by atoms with Crippen molar-refractivity contribution in [2.75, 3.05) is 0 Å². The summed E-state index contributed by atoms with van der Waals surface area (Å²) in [6, 6.07) is 19.9.